The van der Waals surface area contributed by atoms with Crippen molar-refractivity contribution in [2.24, 2.45) is 0 Å². The van der Waals surface area contributed by atoms with Crippen LogP contribution in [-0.2, 0) is 6.54 Å². The number of rotatable bonds is 5. The van der Waals surface area contributed by atoms with Crippen LogP contribution in [0.4, 0.5) is 5.82 Å². The van der Waals surface area contributed by atoms with Crippen LogP contribution >= 0.6 is 11.8 Å². The lowest BCUT2D eigenvalue weighted by molar-refractivity contribution is 0.473. The number of pyridine rings is 1. The van der Waals surface area contributed by atoms with Crippen molar-refractivity contribution in [2.75, 3.05) is 24.2 Å². The van der Waals surface area contributed by atoms with Crippen LogP contribution in [0.5, 0.6) is 0 Å². The molecular formula is C19H22N6S. The van der Waals surface area contributed by atoms with E-state index in [1.54, 1.807) is 11.8 Å². The van der Waals surface area contributed by atoms with Gasteiger partial charge in [-0.3, -0.25) is 4.98 Å². The molecule has 0 radical (unpaired) electrons. The van der Waals surface area contributed by atoms with Crippen molar-refractivity contribution in [3.8, 4) is 0 Å². The van der Waals surface area contributed by atoms with E-state index >= 15 is 0 Å². The number of aromatic nitrogens is 5. The summed E-state index contributed by atoms with van der Waals surface area (Å²) in [7, 11) is 0. The minimum absolute atomic E-state index is 0.410. The molecular weight excluding hydrogens is 344 g/mol. The second-order valence-corrected chi connectivity index (χ2v) is 7.23. The molecule has 6 nitrogen and oxygen atoms in total. The van der Waals surface area contributed by atoms with Gasteiger partial charge in [0.2, 0.25) is 0 Å². The van der Waals surface area contributed by atoms with Crippen molar-refractivity contribution in [3.05, 3.63) is 60.6 Å². The molecule has 0 unspecified atom stereocenters. The molecule has 4 rings (SSSR count). The first-order valence-corrected chi connectivity index (χ1v) is 10.1. The molecule has 7 heteroatoms. The van der Waals surface area contributed by atoms with Crippen LogP contribution in [0.2, 0.25) is 0 Å². The summed E-state index contributed by atoms with van der Waals surface area (Å²) in [5.74, 6) is 2.58. The van der Waals surface area contributed by atoms with Gasteiger partial charge in [0.25, 0.3) is 0 Å². The van der Waals surface area contributed by atoms with Crippen molar-refractivity contribution in [2.45, 2.75) is 30.5 Å². The zero-order chi connectivity index (χ0) is 17.8. The van der Waals surface area contributed by atoms with Gasteiger partial charge in [-0.15, -0.1) is 0 Å². The first-order chi connectivity index (χ1) is 12.8. The van der Waals surface area contributed by atoms with Gasteiger partial charge < -0.3 is 9.47 Å². The summed E-state index contributed by atoms with van der Waals surface area (Å²) >= 11 is 1.58. The highest BCUT2D eigenvalue weighted by molar-refractivity contribution is 7.98. The normalized spacial score (nSPS) is 17.4. The average Bonchev–Trinajstić information content (AvgIpc) is 3.17. The molecule has 3 aromatic rings. The average molecular weight is 366 g/mol. The Balaban J connectivity index is 1.52. The fraction of sp³-hybridized carbons (Fsp3) is 0.368. The van der Waals surface area contributed by atoms with Crippen LogP contribution < -0.4 is 4.90 Å². The van der Waals surface area contributed by atoms with E-state index in [-0.39, 0.29) is 0 Å². The zero-order valence-electron chi connectivity index (χ0n) is 14.8. The largest absolute Gasteiger partial charge is 0.356 e. The van der Waals surface area contributed by atoms with Gasteiger partial charge in [0.15, 0.2) is 5.16 Å². The molecule has 1 fully saturated rings. The summed E-state index contributed by atoms with van der Waals surface area (Å²) in [5.41, 5.74) is 1.24. The van der Waals surface area contributed by atoms with E-state index in [2.05, 4.69) is 47.7 Å². The number of piperidine rings is 1. The highest BCUT2D eigenvalue weighted by atomic mass is 32.2. The third kappa shape index (κ3) is 3.72. The molecule has 0 amide bonds. The third-order valence-electron chi connectivity index (χ3n) is 4.76. The number of anilines is 1. The standard InChI is InChI=1S/C19H22N6S/c1-26-19-22-9-6-17(23-19)24-11-2-3-16(14-24)18-21-10-12-25(18)13-15-4-7-20-8-5-15/h4-10,12,16H,2-3,11,13-14H2,1H3/t16-/m0/s1. The Morgan fingerprint density at radius 3 is 2.85 bits per heavy atom. The van der Waals surface area contributed by atoms with Crippen molar-refractivity contribution < 1.29 is 0 Å². The predicted octanol–water partition coefficient (Wildman–Crippen LogP) is 3.22. The van der Waals surface area contributed by atoms with Gasteiger partial charge >= 0.3 is 0 Å². The van der Waals surface area contributed by atoms with Gasteiger partial charge in [-0.25, -0.2) is 15.0 Å². The lowest BCUT2D eigenvalue weighted by Gasteiger charge is -2.33. The number of hydrogen-bond donors (Lipinski definition) is 0. The van der Waals surface area contributed by atoms with E-state index in [4.69, 9.17) is 0 Å². The molecule has 0 N–H and O–H groups in total. The third-order valence-corrected chi connectivity index (χ3v) is 5.32. The molecule has 1 aliphatic heterocycles. The predicted molar refractivity (Wildman–Crippen MR) is 104 cm³/mol. The molecule has 0 aliphatic carbocycles. The lowest BCUT2D eigenvalue weighted by Crippen LogP contribution is -2.36. The molecule has 0 bridgehead atoms. The van der Waals surface area contributed by atoms with E-state index in [1.165, 1.54) is 5.56 Å². The van der Waals surface area contributed by atoms with E-state index in [0.29, 0.717) is 5.92 Å². The molecule has 0 saturated carbocycles. The highest BCUT2D eigenvalue weighted by Crippen LogP contribution is 2.29. The van der Waals surface area contributed by atoms with Crippen molar-refractivity contribution >= 4 is 17.6 Å². The molecule has 4 heterocycles. The van der Waals surface area contributed by atoms with Crippen LogP contribution in [0.25, 0.3) is 0 Å². The number of imidazole rings is 1. The fourth-order valence-electron chi connectivity index (χ4n) is 3.50. The number of hydrogen-bond acceptors (Lipinski definition) is 6. The van der Waals surface area contributed by atoms with Gasteiger partial charge in [0.1, 0.15) is 11.6 Å². The first-order valence-electron chi connectivity index (χ1n) is 8.85. The second-order valence-electron chi connectivity index (χ2n) is 6.46. The van der Waals surface area contributed by atoms with Crippen molar-refractivity contribution in [1.82, 2.24) is 24.5 Å². The summed E-state index contributed by atoms with van der Waals surface area (Å²) in [6, 6.07) is 6.12. The minimum Gasteiger partial charge on any atom is -0.356 e. The van der Waals surface area contributed by atoms with E-state index < -0.39 is 0 Å². The van der Waals surface area contributed by atoms with Crippen LogP contribution in [-0.4, -0.2) is 43.8 Å². The lowest BCUT2D eigenvalue weighted by atomic mass is 9.97. The van der Waals surface area contributed by atoms with E-state index in [9.17, 15) is 0 Å². The Morgan fingerprint density at radius 2 is 2.00 bits per heavy atom. The van der Waals surface area contributed by atoms with Gasteiger partial charge in [0, 0.05) is 56.5 Å². The monoisotopic (exact) mass is 366 g/mol. The maximum atomic E-state index is 4.68. The number of thioether (sulfide) groups is 1. The Hall–Kier alpha value is -2.41. The Kier molecular flexibility index (Phi) is 5.15. The van der Waals surface area contributed by atoms with E-state index in [0.717, 1.165) is 49.3 Å². The fourth-order valence-corrected chi connectivity index (χ4v) is 3.85. The minimum atomic E-state index is 0.410. The van der Waals surface area contributed by atoms with Gasteiger partial charge in [-0.05, 0) is 42.9 Å². The zero-order valence-corrected chi connectivity index (χ0v) is 15.6. The molecule has 1 atom stereocenters. The van der Waals surface area contributed by atoms with Gasteiger partial charge in [0.05, 0.1) is 0 Å². The van der Waals surface area contributed by atoms with Crippen molar-refractivity contribution in [3.63, 3.8) is 0 Å². The summed E-state index contributed by atoms with van der Waals surface area (Å²) in [5, 5.41) is 0.823. The molecule has 1 aliphatic rings. The van der Waals surface area contributed by atoms with E-state index in [1.807, 2.05) is 37.1 Å². The molecule has 26 heavy (non-hydrogen) atoms. The Bertz CT molecular complexity index is 850. The first kappa shape index (κ1) is 17.0. The Morgan fingerprint density at radius 1 is 1.12 bits per heavy atom. The summed E-state index contributed by atoms with van der Waals surface area (Å²) in [6.07, 6.45) is 13.8. The molecule has 134 valence electrons. The molecule has 0 spiro atoms. The maximum absolute atomic E-state index is 4.68. The molecule has 1 saturated heterocycles. The number of nitrogens with zero attached hydrogens (tertiary/aromatic N) is 6. The quantitative estimate of drug-likeness (QED) is 0.510. The van der Waals surface area contributed by atoms with Crippen LogP contribution in [0.1, 0.15) is 30.1 Å². The summed E-state index contributed by atoms with van der Waals surface area (Å²) in [4.78, 5) is 20.1. The van der Waals surface area contributed by atoms with Crippen LogP contribution in [0.15, 0.2) is 54.3 Å². The van der Waals surface area contributed by atoms with Crippen molar-refractivity contribution in [1.29, 1.82) is 0 Å². The highest BCUT2D eigenvalue weighted by Gasteiger charge is 2.25. The van der Waals surface area contributed by atoms with Crippen LogP contribution in [0.3, 0.4) is 0 Å². The van der Waals surface area contributed by atoms with Crippen LogP contribution in [0, 0.1) is 0 Å². The summed E-state index contributed by atoms with van der Waals surface area (Å²) < 4.78 is 2.26. The van der Waals surface area contributed by atoms with Gasteiger partial charge in [-0.1, -0.05) is 11.8 Å². The Labute approximate surface area is 157 Å². The topological polar surface area (TPSA) is 59.7 Å². The molecule has 3 aromatic heterocycles. The SMILES string of the molecule is CSc1nccc(N2CCC[C@H](c3nccn3Cc3ccncc3)C2)n1. The molecule has 0 aromatic carbocycles. The van der Waals surface area contributed by atoms with Gasteiger partial charge in [-0.2, -0.15) is 0 Å². The second kappa shape index (κ2) is 7.86. The maximum Gasteiger partial charge on any atom is 0.189 e. The smallest absolute Gasteiger partial charge is 0.189 e. The summed E-state index contributed by atoms with van der Waals surface area (Å²) in [6.45, 7) is 2.81.